The van der Waals surface area contributed by atoms with E-state index >= 15 is 0 Å². The van der Waals surface area contributed by atoms with E-state index in [0.29, 0.717) is 6.42 Å². The molecule has 1 amide bonds. The van der Waals surface area contributed by atoms with Crippen molar-refractivity contribution in [1.82, 2.24) is 5.32 Å². The van der Waals surface area contributed by atoms with Gasteiger partial charge in [0.1, 0.15) is 0 Å². The Morgan fingerprint density at radius 1 is 1.50 bits per heavy atom. The quantitative estimate of drug-likeness (QED) is 0.519. The van der Waals surface area contributed by atoms with Crippen LogP contribution in [0.25, 0.3) is 0 Å². The van der Waals surface area contributed by atoms with Gasteiger partial charge in [-0.15, -0.1) is 0 Å². The molecule has 94 valence electrons. The van der Waals surface area contributed by atoms with Crippen LogP contribution in [0.5, 0.6) is 0 Å². The third-order valence-corrected chi connectivity index (χ3v) is 3.66. The van der Waals surface area contributed by atoms with Gasteiger partial charge in [-0.2, -0.15) is 0 Å². The highest BCUT2D eigenvalue weighted by Gasteiger charge is 2.43. The molecule has 6 nitrogen and oxygen atoms in total. The molecule has 0 bridgehead atoms. The summed E-state index contributed by atoms with van der Waals surface area (Å²) in [6, 6.07) is 0. The summed E-state index contributed by atoms with van der Waals surface area (Å²) >= 11 is 0. The van der Waals surface area contributed by atoms with Crippen molar-refractivity contribution in [3.8, 4) is 0 Å². The van der Waals surface area contributed by atoms with Gasteiger partial charge in [-0.05, 0) is 32.1 Å². The van der Waals surface area contributed by atoms with Crippen molar-refractivity contribution in [1.29, 1.82) is 0 Å². The first-order chi connectivity index (χ1) is 7.23. The fourth-order valence-electron chi connectivity index (χ4n) is 1.53. The lowest BCUT2D eigenvalue weighted by Crippen LogP contribution is -2.53. The monoisotopic (exact) mass is 249 g/mol. The van der Waals surface area contributed by atoms with E-state index in [1.807, 2.05) is 0 Å². The molecule has 1 aliphatic carbocycles. The normalized spacial score (nSPS) is 20.2. The average Bonchev–Trinajstić information content (AvgIpc) is 2.93. The van der Waals surface area contributed by atoms with Crippen LogP contribution < -0.4 is 16.2 Å². The van der Waals surface area contributed by atoms with Gasteiger partial charge in [-0.1, -0.05) is 0 Å². The summed E-state index contributed by atoms with van der Waals surface area (Å²) in [5.41, 5.74) is 5.05. The number of carbonyl (C=O) groups is 1. The highest BCUT2D eigenvalue weighted by atomic mass is 32.2. The van der Waals surface area contributed by atoms with E-state index in [-0.39, 0.29) is 24.1 Å². The van der Waals surface area contributed by atoms with Gasteiger partial charge in [0.05, 0.1) is 11.3 Å². The number of hydrogen-bond donors (Lipinski definition) is 3. The van der Waals surface area contributed by atoms with Gasteiger partial charge in [0.2, 0.25) is 15.9 Å². The Kier molecular flexibility index (Phi) is 3.92. The van der Waals surface area contributed by atoms with Crippen molar-refractivity contribution in [2.75, 3.05) is 12.3 Å². The Bertz CT molecular complexity index is 360. The standard InChI is InChI=1S/C9H19N3O3S/c1-9(10,7-3-4-7)8(13)12-5-2-6-16(11,14)15/h7H,2-6,10H2,1H3,(H,12,13)(H2,11,14,15). The molecule has 0 heterocycles. The molecule has 0 radical (unpaired) electrons. The molecule has 0 saturated heterocycles. The number of rotatable bonds is 6. The largest absolute Gasteiger partial charge is 0.354 e. The molecule has 5 N–H and O–H groups in total. The predicted octanol–water partition coefficient (Wildman–Crippen LogP) is -1.09. The number of primary sulfonamides is 1. The van der Waals surface area contributed by atoms with Crippen molar-refractivity contribution in [2.45, 2.75) is 31.7 Å². The van der Waals surface area contributed by atoms with Crippen LogP contribution >= 0.6 is 0 Å². The zero-order valence-electron chi connectivity index (χ0n) is 9.40. The first-order valence-electron chi connectivity index (χ1n) is 5.31. The minimum atomic E-state index is -3.44. The van der Waals surface area contributed by atoms with E-state index in [1.165, 1.54) is 0 Å². The molecule has 0 aliphatic heterocycles. The molecular formula is C9H19N3O3S. The zero-order valence-corrected chi connectivity index (χ0v) is 10.2. The van der Waals surface area contributed by atoms with Crippen LogP contribution in [0.3, 0.4) is 0 Å². The summed E-state index contributed by atoms with van der Waals surface area (Å²) in [7, 11) is -3.44. The average molecular weight is 249 g/mol. The van der Waals surface area contributed by atoms with E-state index in [1.54, 1.807) is 6.92 Å². The van der Waals surface area contributed by atoms with Crippen LogP contribution in [0.1, 0.15) is 26.2 Å². The molecule has 1 atom stereocenters. The second kappa shape index (κ2) is 4.68. The van der Waals surface area contributed by atoms with Gasteiger partial charge in [-0.25, -0.2) is 13.6 Å². The van der Waals surface area contributed by atoms with Crippen molar-refractivity contribution in [2.24, 2.45) is 16.8 Å². The highest BCUT2D eigenvalue weighted by molar-refractivity contribution is 7.89. The van der Waals surface area contributed by atoms with Crippen LogP contribution in [0, 0.1) is 5.92 Å². The first kappa shape index (κ1) is 13.4. The Hall–Kier alpha value is -0.660. The second-order valence-electron chi connectivity index (χ2n) is 4.53. The van der Waals surface area contributed by atoms with E-state index in [2.05, 4.69) is 5.32 Å². The summed E-state index contributed by atoms with van der Waals surface area (Å²) in [5, 5.41) is 7.46. The number of amides is 1. The first-order valence-corrected chi connectivity index (χ1v) is 7.02. The Morgan fingerprint density at radius 3 is 2.50 bits per heavy atom. The van der Waals surface area contributed by atoms with Crippen molar-refractivity contribution in [3.05, 3.63) is 0 Å². The lowest BCUT2D eigenvalue weighted by Gasteiger charge is -2.22. The molecule has 1 rings (SSSR count). The minimum absolute atomic E-state index is 0.127. The molecular weight excluding hydrogens is 230 g/mol. The van der Waals surface area contributed by atoms with Crippen LogP contribution in [0.15, 0.2) is 0 Å². The summed E-state index contributed by atoms with van der Waals surface area (Å²) in [6.45, 7) is 1.99. The van der Waals surface area contributed by atoms with Gasteiger partial charge in [0.15, 0.2) is 0 Å². The van der Waals surface area contributed by atoms with Gasteiger partial charge in [0.25, 0.3) is 0 Å². The zero-order chi connectivity index (χ0) is 12.4. The highest BCUT2D eigenvalue weighted by Crippen LogP contribution is 2.37. The molecule has 16 heavy (non-hydrogen) atoms. The van der Waals surface area contributed by atoms with Gasteiger partial charge >= 0.3 is 0 Å². The number of sulfonamides is 1. The molecule has 0 aromatic rings. The van der Waals surface area contributed by atoms with Crippen molar-refractivity contribution in [3.63, 3.8) is 0 Å². The van der Waals surface area contributed by atoms with E-state index < -0.39 is 15.6 Å². The Morgan fingerprint density at radius 2 is 2.06 bits per heavy atom. The SMILES string of the molecule is CC(N)(C(=O)NCCCS(N)(=O)=O)C1CC1. The van der Waals surface area contributed by atoms with Crippen LogP contribution in [0.4, 0.5) is 0 Å². The number of nitrogens with two attached hydrogens (primary N) is 2. The molecule has 1 unspecified atom stereocenters. The summed E-state index contributed by atoms with van der Waals surface area (Å²) < 4.78 is 21.3. The van der Waals surface area contributed by atoms with Crippen molar-refractivity contribution >= 4 is 15.9 Å². The number of nitrogens with one attached hydrogen (secondary N) is 1. The van der Waals surface area contributed by atoms with E-state index in [0.717, 1.165) is 12.8 Å². The number of carbonyl (C=O) groups excluding carboxylic acids is 1. The molecule has 1 aliphatic rings. The van der Waals surface area contributed by atoms with Crippen LogP contribution in [0.2, 0.25) is 0 Å². The van der Waals surface area contributed by atoms with Crippen molar-refractivity contribution < 1.29 is 13.2 Å². The summed E-state index contributed by atoms with van der Waals surface area (Å²) in [4.78, 5) is 11.7. The summed E-state index contributed by atoms with van der Waals surface area (Å²) in [5.74, 6) is -0.0898. The van der Waals surface area contributed by atoms with Crippen LogP contribution in [-0.4, -0.2) is 32.2 Å². The maximum Gasteiger partial charge on any atom is 0.240 e. The van der Waals surface area contributed by atoms with Gasteiger partial charge in [0, 0.05) is 6.54 Å². The maximum absolute atomic E-state index is 11.7. The van der Waals surface area contributed by atoms with Crippen LogP contribution in [-0.2, 0) is 14.8 Å². The predicted molar refractivity (Wildman–Crippen MR) is 60.9 cm³/mol. The fourth-order valence-corrected chi connectivity index (χ4v) is 2.08. The van der Waals surface area contributed by atoms with E-state index in [9.17, 15) is 13.2 Å². The Balaban J connectivity index is 2.25. The third-order valence-electron chi connectivity index (χ3n) is 2.81. The third kappa shape index (κ3) is 4.07. The minimum Gasteiger partial charge on any atom is -0.354 e. The van der Waals surface area contributed by atoms with Gasteiger partial charge in [-0.3, -0.25) is 4.79 Å². The smallest absolute Gasteiger partial charge is 0.240 e. The lowest BCUT2D eigenvalue weighted by atomic mass is 9.96. The molecule has 7 heteroatoms. The fraction of sp³-hybridized carbons (Fsp3) is 0.889. The lowest BCUT2D eigenvalue weighted by molar-refractivity contribution is -0.126. The molecule has 1 saturated carbocycles. The maximum atomic E-state index is 11.7. The topological polar surface area (TPSA) is 115 Å². The number of hydrogen-bond acceptors (Lipinski definition) is 4. The van der Waals surface area contributed by atoms with E-state index in [4.69, 9.17) is 10.9 Å². The summed E-state index contributed by atoms with van der Waals surface area (Å²) in [6.07, 6.45) is 2.28. The van der Waals surface area contributed by atoms with Gasteiger partial charge < -0.3 is 11.1 Å². The molecule has 0 aromatic carbocycles. The molecule has 0 spiro atoms. The molecule has 0 aromatic heterocycles. The molecule has 1 fully saturated rings. The Labute approximate surface area is 95.8 Å². The second-order valence-corrected chi connectivity index (χ2v) is 6.27.